The fourth-order valence-electron chi connectivity index (χ4n) is 1.27. The van der Waals surface area contributed by atoms with Crippen LogP contribution >= 0.6 is 27.3 Å². The summed E-state index contributed by atoms with van der Waals surface area (Å²) in [6, 6.07) is 3.85. The van der Waals surface area contributed by atoms with Gasteiger partial charge in [0.1, 0.15) is 0 Å². The van der Waals surface area contributed by atoms with Gasteiger partial charge in [-0.05, 0) is 28.1 Å². The molecule has 0 amide bonds. The number of hydrogen-bond acceptors (Lipinski definition) is 3. The molecule has 0 aliphatic rings. The second kappa shape index (κ2) is 4.16. The van der Waals surface area contributed by atoms with Crippen LogP contribution in [0.3, 0.4) is 0 Å². The normalized spacial score (nSPS) is 10.5. The Bertz CT molecular complexity index is 492. The summed E-state index contributed by atoms with van der Waals surface area (Å²) in [5, 5.41) is 15.4. The average molecular weight is 287 g/mol. The molecule has 0 unspecified atom stereocenters. The molecule has 0 saturated heterocycles. The molecule has 78 valence electrons. The molecule has 4 nitrogen and oxygen atoms in total. The van der Waals surface area contributed by atoms with Crippen LogP contribution in [0.4, 0.5) is 0 Å². The maximum Gasteiger partial charge on any atom is 0.307 e. The Labute approximate surface area is 98.1 Å². The molecule has 2 aromatic heterocycles. The molecule has 0 aliphatic carbocycles. The number of carboxylic acid groups (broad SMARTS) is 1. The quantitative estimate of drug-likeness (QED) is 0.911. The van der Waals surface area contributed by atoms with Gasteiger partial charge >= 0.3 is 5.97 Å². The van der Waals surface area contributed by atoms with Crippen LogP contribution in [0.15, 0.2) is 22.1 Å². The van der Waals surface area contributed by atoms with Crippen molar-refractivity contribution in [2.75, 3.05) is 0 Å². The van der Waals surface area contributed by atoms with E-state index in [2.05, 4.69) is 26.1 Å². The standard InChI is InChI=1S/C9H7BrN2O2S/c10-7-2-1-6(15-7)9-5(3-8(13)14)4-11-12-9/h1-2,4H,3H2,(H,11,12)(H,13,14). The van der Waals surface area contributed by atoms with E-state index in [1.807, 2.05) is 12.1 Å². The van der Waals surface area contributed by atoms with Crippen LogP contribution in [0.2, 0.25) is 0 Å². The van der Waals surface area contributed by atoms with Crippen molar-refractivity contribution in [3.05, 3.63) is 27.7 Å². The second-order valence-electron chi connectivity index (χ2n) is 2.94. The highest BCUT2D eigenvalue weighted by Gasteiger charge is 2.12. The van der Waals surface area contributed by atoms with Crippen LogP contribution < -0.4 is 0 Å². The van der Waals surface area contributed by atoms with Gasteiger partial charge < -0.3 is 5.11 Å². The van der Waals surface area contributed by atoms with Crippen molar-refractivity contribution in [1.29, 1.82) is 0 Å². The lowest BCUT2D eigenvalue weighted by molar-refractivity contribution is -0.136. The zero-order valence-corrected chi connectivity index (χ0v) is 9.93. The summed E-state index contributed by atoms with van der Waals surface area (Å²) in [4.78, 5) is 11.6. The first-order chi connectivity index (χ1) is 7.16. The molecule has 2 aromatic rings. The number of carboxylic acids is 1. The van der Waals surface area contributed by atoms with Crippen LogP contribution in [0, 0.1) is 0 Å². The Morgan fingerprint density at radius 2 is 2.40 bits per heavy atom. The van der Waals surface area contributed by atoms with E-state index in [1.54, 1.807) is 6.20 Å². The molecule has 0 aromatic carbocycles. The van der Waals surface area contributed by atoms with E-state index >= 15 is 0 Å². The van der Waals surface area contributed by atoms with E-state index in [4.69, 9.17) is 5.11 Å². The first kappa shape index (κ1) is 10.4. The van der Waals surface area contributed by atoms with Crippen LogP contribution in [0.25, 0.3) is 10.6 Å². The number of thiophene rings is 1. The third-order valence-corrected chi connectivity index (χ3v) is 3.52. The molecular weight excluding hydrogens is 280 g/mol. The molecule has 2 heterocycles. The fraction of sp³-hybridized carbons (Fsp3) is 0.111. The topological polar surface area (TPSA) is 66.0 Å². The molecule has 0 saturated carbocycles. The fourth-order valence-corrected chi connectivity index (χ4v) is 2.69. The van der Waals surface area contributed by atoms with Gasteiger partial charge in [0.15, 0.2) is 0 Å². The lowest BCUT2D eigenvalue weighted by atomic mass is 10.1. The zero-order chi connectivity index (χ0) is 10.8. The number of halogens is 1. The Morgan fingerprint density at radius 3 is 3.00 bits per heavy atom. The molecule has 2 rings (SSSR count). The molecule has 0 fully saturated rings. The maximum absolute atomic E-state index is 10.6. The van der Waals surface area contributed by atoms with Gasteiger partial charge in [-0.1, -0.05) is 0 Å². The zero-order valence-electron chi connectivity index (χ0n) is 7.53. The first-order valence-electron chi connectivity index (χ1n) is 4.16. The van der Waals surface area contributed by atoms with Gasteiger partial charge in [-0.25, -0.2) is 0 Å². The lowest BCUT2D eigenvalue weighted by Crippen LogP contribution is -1.99. The number of aromatic amines is 1. The van der Waals surface area contributed by atoms with Crippen molar-refractivity contribution in [2.45, 2.75) is 6.42 Å². The molecule has 0 atom stereocenters. The number of rotatable bonds is 3. The van der Waals surface area contributed by atoms with Crippen molar-refractivity contribution in [3.63, 3.8) is 0 Å². The minimum atomic E-state index is -0.853. The molecule has 0 spiro atoms. The minimum Gasteiger partial charge on any atom is -0.481 e. The SMILES string of the molecule is O=C(O)Cc1cn[nH]c1-c1ccc(Br)s1. The third-order valence-electron chi connectivity index (χ3n) is 1.88. The molecule has 2 N–H and O–H groups in total. The Balaban J connectivity index is 2.36. The number of hydrogen-bond donors (Lipinski definition) is 2. The van der Waals surface area contributed by atoms with Crippen molar-refractivity contribution in [2.24, 2.45) is 0 Å². The summed E-state index contributed by atoms with van der Waals surface area (Å²) in [5.41, 5.74) is 1.49. The third kappa shape index (κ3) is 2.27. The van der Waals surface area contributed by atoms with Crippen LogP contribution in [-0.4, -0.2) is 21.3 Å². The molecule has 0 bridgehead atoms. The number of aliphatic carboxylic acids is 1. The minimum absolute atomic E-state index is 0.0125. The smallest absolute Gasteiger partial charge is 0.307 e. The summed E-state index contributed by atoms with van der Waals surface area (Å²) in [5.74, 6) is -0.853. The molecule has 0 radical (unpaired) electrons. The summed E-state index contributed by atoms with van der Waals surface area (Å²) in [7, 11) is 0. The highest BCUT2D eigenvalue weighted by atomic mass is 79.9. The van der Waals surface area contributed by atoms with Crippen molar-refractivity contribution >= 4 is 33.2 Å². The van der Waals surface area contributed by atoms with Gasteiger partial charge in [0, 0.05) is 5.56 Å². The predicted molar refractivity (Wildman–Crippen MR) is 60.9 cm³/mol. The lowest BCUT2D eigenvalue weighted by Gasteiger charge is -1.96. The van der Waals surface area contributed by atoms with Gasteiger partial charge in [0.25, 0.3) is 0 Å². The molecule has 6 heteroatoms. The van der Waals surface area contributed by atoms with Crippen molar-refractivity contribution < 1.29 is 9.90 Å². The molecular formula is C9H7BrN2O2S. The summed E-state index contributed by atoms with van der Waals surface area (Å²) in [6.07, 6.45) is 1.54. The van der Waals surface area contributed by atoms with Crippen molar-refractivity contribution in [3.8, 4) is 10.6 Å². The average Bonchev–Trinajstić information content (AvgIpc) is 2.72. The Kier molecular flexibility index (Phi) is 2.88. The maximum atomic E-state index is 10.6. The van der Waals surface area contributed by atoms with E-state index in [-0.39, 0.29) is 6.42 Å². The summed E-state index contributed by atoms with van der Waals surface area (Å²) < 4.78 is 1.01. The number of carbonyl (C=O) groups is 1. The number of nitrogens with zero attached hydrogens (tertiary/aromatic N) is 1. The highest BCUT2D eigenvalue weighted by molar-refractivity contribution is 9.11. The number of aromatic nitrogens is 2. The van der Waals surface area contributed by atoms with E-state index in [0.29, 0.717) is 5.56 Å². The van der Waals surface area contributed by atoms with E-state index < -0.39 is 5.97 Å². The van der Waals surface area contributed by atoms with Gasteiger partial charge in [0.05, 0.1) is 27.0 Å². The molecule has 15 heavy (non-hydrogen) atoms. The largest absolute Gasteiger partial charge is 0.481 e. The van der Waals surface area contributed by atoms with Gasteiger partial charge in [-0.2, -0.15) is 5.10 Å². The van der Waals surface area contributed by atoms with Crippen LogP contribution in [-0.2, 0) is 11.2 Å². The van der Waals surface area contributed by atoms with E-state index in [0.717, 1.165) is 14.4 Å². The Morgan fingerprint density at radius 1 is 1.60 bits per heavy atom. The van der Waals surface area contributed by atoms with Gasteiger partial charge in [-0.15, -0.1) is 11.3 Å². The molecule has 0 aliphatic heterocycles. The van der Waals surface area contributed by atoms with Crippen LogP contribution in [0.5, 0.6) is 0 Å². The van der Waals surface area contributed by atoms with E-state index in [1.165, 1.54) is 11.3 Å². The number of H-pyrrole nitrogens is 1. The predicted octanol–water partition coefficient (Wildman–Crippen LogP) is 2.53. The first-order valence-corrected chi connectivity index (χ1v) is 5.77. The number of nitrogens with one attached hydrogen (secondary N) is 1. The van der Waals surface area contributed by atoms with Gasteiger partial charge in [0.2, 0.25) is 0 Å². The van der Waals surface area contributed by atoms with Crippen molar-refractivity contribution in [1.82, 2.24) is 10.2 Å². The van der Waals surface area contributed by atoms with Gasteiger partial charge in [-0.3, -0.25) is 9.89 Å². The highest BCUT2D eigenvalue weighted by Crippen LogP contribution is 2.31. The summed E-state index contributed by atoms with van der Waals surface area (Å²) in [6.45, 7) is 0. The second-order valence-corrected chi connectivity index (χ2v) is 5.41. The van der Waals surface area contributed by atoms with Crippen LogP contribution in [0.1, 0.15) is 5.56 Å². The van der Waals surface area contributed by atoms with E-state index in [9.17, 15) is 4.79 Å². The monoisotopic (exact) mass is 286 g/mol. The summed E-state index contributed by atoms with van der Waals surface area (Å²) >= 11 is 4.90. The Hall–Kier alpha value is -1.14.